The lowest BCUT2D eigenvalue weighted by atomic mass is 9.96. The first-order valence-electron chi connectivity index (χ1n) is 8.45. The van der Waals surface area contributed by atoms with Gasteiger partial charge in [-0.05, 0) is 48.6 Å². The van der Waals surface area contributed by atoms with Crippen LogP contribution < -0.4 is 10.2 Å². The van der Waals surface area contributed by atoms with E-state index in [0.29, 0.717) is 12.2 Å². The fourth-order valence-corrected chi connectivity index (χ4v) is 4.33. The summed E-state index contributed by atoms with van der Waals surface area (Å²) in [5.74, 6) is 0.245. The molecule has 4 nitrogen and oxygen atoms in total. The van der Waals surface area contributed by atoms with Crippen LogP contribution in [0.4, 0.5) is 15.9 Å². The molecule has 1 saturated heterocycles. The maximum absolute atomic E-state index is 13.2. The quantitative estimate of drug-likeness (QED) is 0.689. The first-order valence-corrected chi connectivity index (χ1v) is 9.70. The van der Waals surface area contributed by atoms with E-state index in [0.717, 1.165) is 30.6 Å². The van der Waals surface area contributed by atoms with Crippen molar-refractivity contribution in [2.24, 2.45) is 5.92 Å². The summed E-state index contributed by atoms with van der Waals surface area (Å²) < 4.78 is 14.4. The second kappa shape index (κ2) is 7.21. The van der Waals surface area contributed by atoms with E-state index < -0.39 is 5.82 Å². The maximum atomic E-state index is 13.2. The van der Waals surface area contributed by atoms with Crippen LogP contribution in [-0.2, 0) is 4.79 Å². The van der Waals surface area contributed by atoms with Crippen LogP contribution in [0.25, 0.3) is 10.1 Å². The van der Waals surface area contributed by atoms with Crippen molar-refractivity contribution in [2.45, 2.75) is 12.8 Å². The van der Waals surface area contributed by atoms with Crippen molar-refractivity contribution in [3.05, 3.63) is 52.7 Å². The molecule has 0 spiro atoms. The molecule has 1 unspecified atom stereocenters. The molecule has 1 N–H and O–H groups in total. The zero-order valence-corrected chi connectivity index (χ0v) is 15.5. The van der Waals surface area contributed by atoms with E-state index in [1.165, 1.54) is 22.9 Å². The predicted molar refractivity (Wildman–Crippen MR) is 105 cm³/mol. The van der Waals surface area contributed by atoms with Crippen molar-refractivity contribution < 1.29 is 9.18 Å². The number of hydrogen-bond acceptors (Lipinski definition) is 4. The second-order valence-electron chi connectivity index (χ2n) is 6.37. The number of amides is 1. The molecule has 4 rings (SSSR count). The van der Waals surface area contributed by atoms with E-state index in [9.17, 15) is 9.18 Å². The summed E-state index contributed by atoms with van der Waals surface area (Å²) in [4.78, 5) is 19.4. The molecule has 0 saturated carbocycles. The molecule has 1 atom stereocenters. The molecule has 3 heterocycles. The van der Waals surface area contributed by atoms with E-state index in [2.05, 4.69) is 26.6 Å². The van der Waals surface area contributed by atoms with Gasteiger partial charge in [-0.15, -0.1) is 11.3 Å². The normalized spacial score (nSPS) is 17.5. The number of aromatic nitrogens is 1. The van der Waals surface area contributed by atoms with Crippen LogP contribution in [0.5, 0.6) is 0 Å². The number of halogens is 2. The fraction of sp³-hybridized carbons (Fsp3) is 0.263. The molecule has 3 aromatic rings. The molecule has 0 aliphatic carbocycles. The Morgan fingerprint density at radius 3 is 3.08 bits per heavy atom. The van der Waals surface area contributed by atoms with E-state index in [4.69, 9.17) is 11.6 Å². The highest BCUT2D eigenvalue weighted by Gasteiger charge is 2.27. The Morgan fingerprint density at radius 2 is 2.23 bits per heavy atom. The number of pyridine rings is 1. The van der Waals surface area contributed by atoms with Crippen LogP contribution in [0.3, 0.4) is 0 Å². The van der Waals surface area contributed by atoms with Crippen molar-refractivity contribution in [2.75, 3.05) is 23.3 Å². The van der Waals surface area contributed by atoms with Crippen LogP contribution in [0, 0.1) is 11.7 Å². The summed E-state index contributed by atoms with van der Waals surface area (Å²) in [5, 5.41) is 6.21. The summed E-state index contributed by atoms with van der Waals surface area (Å²) in [6, 6.07) is 8.06. The molecular formula is C19H17ClFN3OS. The molecule has 134 valence electrons. The lowest BCUT2D eigenvalue weighted by molar-refractivity contribution is -0.120. The lowest BCUT2D eigenvalue weighted by Crippen LogP contribution is -2.41. The van der Waals surface area contributed by atoms with Crippen molar-refractivity contribution >= 4 is 50.4 Å². The number of nitrogens with one attached hydrogen (secondary N) is 1. The number of anilines is 2. The van der Waals surface area contributed by atoms with Gasteiger partial charge in [-0.25, -0.2) is 9.37 Å². The highest BCUT2D eigenvalue weighted by Crippen LogP contribution is 2.32. The van der Waals surface area contributed by atoms with Crippen LogP contribution in [0.1, 0.15) is 12.8 Å². The average Bonchev–Trinajstić information content (AvgIpc) is 3.13. The van der Waals surface area contributed by atoms with Gasteiger partial charge in [-0.3, -0.25) is 4.79 Å². The number of piperidine rings is 1. The van der Waals surface area contributed by atoms with Crippen molar-refractivity contribution in [1.82, 2.24) is 4.98 Å². The monoisotopic (exact) mass is 389 g/mol. The minimum Gasteiger partial charge on any atom is -0.355 e. The number of benzene rings is 1. The number of carbonyl (C=O) groups excluding carboxylic acids is 1. The van der Waals surface area contributed by atoms with Crippen molar-refractivity contribution in [3.8, 4) is 0 Å². The Bertz CT molecular complexity index is 961. The number of thiophene rings is 1. The van der Waals surface area contributed by atoms with Gasteiger partial charge in [-0.2, -0.15) is 0 Å². The van der Waals surface area contributed by atoms with Gasteiger partial charge in [0.2, 0.25) is 5.91 Å². The standard InChI is InChI=1S/C19H17ClFN3OS/c20-15-10-13(21)3-4-16(15)23-19(25)12-2-1-8-24(11-12)18-14-6-9-26-17(14)5-7-22-18/h3-7,9-10,12H,1-2,8,11H2,(H,23,25). The van der Waals surface area contributed by atoms with Gasteiger partial charge < -0.3 is 10.2 Å². The van der Waals surface area contributed by atoms with Gasteiger partial charge in [0.15, 0.2) is 0 Å². The van der Waals surface area contributed by atoms with E-state index in [-0.39, 0.29) is 16.8 Å². The largest absolute Gasteiger partial charge is 0.355 e. The first kappa shape index (κ1) is 17.2. The summed E-state index contributed by atoms with van der Waals surface area (Å²) in [7, 11) is 0. The summed E-state index contributed by atoms with van der Waals surface area (Å²) >= 11 is 7.70. The Hall–Kier alpha value is -2.18. The Labute approximate surface area is 159 Å². The third-order valence-electron chi connectivity index (χ3n) is 4.64. The van der Waals surface area contributed by atoms with E-state index in [1.807, 2.05) is 12.3 Å². The minimum absolute atomic E-state index is 0.0966. The van der Waals surface area contributed by atoms with Gasteiger partial charge >= 0.3 is 0 Å². The molecule has 26 heavy (non-hydrogen) atoms. The molecular weight excluding hydrogens is 373 g/mol. The summed E-state index contributed by atoms with van der Waals surface area (Å²) in [5.41, 5.74) is 0.438. The molecule has 7 heteroatoms. The van der Waals surface area contributed by atoms with Crippen molar-refractivity contribution in [3.63, 3.8) is 0 Å². The van der Waals surface area contributed by atoms with Crippen LogP contribution in [0.2, 0.25) is 5.02 Å². The number of carbonyl (C=O) groups is 1. The first-order chi connectivity index (χ1) is 12.6. The van der Waals surface area contributed by atoms with Gasteiger partial charge in [-0.1, -0.05) is 11.6 Å². The molecule has 2 aromatic heterocycles. The fourth-order valence-electron chi connectivity index (χ4n) is 3.34. The molecule has 0 bridgehead atoms. The van der Waals surface area contributed by atoms with Crippen LogP contribution >= 0.6 is 22.9 Å². The molecule has 1 aliphatic heterocycles. The van der Waals surface area contributed by atoms with E-state index in [1.54, 1.807) is 11.3 Å². The van der Waals surface area contributed by atoms with Gasteiger partial charge in [0.05, 0.1) is 16.6 Å². The zero-order valence-electron chi connectivity index (χ0n) is 13.9. The summed E-state index contributed by atoms with van der Waals surface area (Å²) in [6.45, 7) is 1.48. The SMILES string of the molecule is O=C(Nc1ccc(F)cc1Cl)C1CCCN(c2nccc3sccc23)C1. The number of nitrogens with zero attached hydrogens (tertiary/aromatic N) is 2. The Kier molecular flexibility index (Phi) is 4.78. The van der Waals surface area contributed by atoms with Gasteiger partial charge in [0, 0.05) is 29.4 Å². The van der Waals surface area contributed by atoms with Gasteiger partial charge in [0.25, 0.3) is 0 Å². The van der Waals surface area contributed by atoms with Crippen LogP contribution in [-0.4, -0.2) is 24.0 Å². The van der Waals surface area contributed by atoms with Crippen LogP contribution in [0.15, 0.2) is 41.9 Å². The highest BCUT2D eigenvalue weighted by atomic mass is 35.5. The molecule has 0 radical (unpaired) electrons. The lowest BCUT2D eigenvalue weighted by Gasteiger charge is -2.33. The topological polar surface area (TPSA) is 45.2 Å². The Balaban J connectivity index is 1.51. The molecule has 1 aromatic carbocycles. The number of hydrogen-bond donors (Lipinski definition) is 1. The van der Waals surface area contributed by atoms with Crippen molar-refractivity contribution in [1.29, 1.82) is 0 Å². The molecule has 1 amide bonds. The number of fused-ring (bicyclic) bond motifs is 1. The maximum Gasteiger partial charge on any atom is 0.229 e. The third-order valence-corrected chi connectivity index (χ3v) is 5.83. The molecule has 1 aliphatic rings. The molecule has 1 fully saturated rings. The van der Waals surface area contributed by atoms with Gasteiger partial charge in [0.1, 0.15) is 11.6 Å². The minimum atomic E-state index is -0.424. The third kappa shape index (κ3) is 3.39. The highest BCUT2D eigenvalue weighted by molar-refractivity contribution is 7.17. The van der Waals surface area contributed by atoms with E-state index >= 15 is 0 Å². The smallest absolute Gasteiger partial charge is 0.229 e. The summed E-state index contributed by atoms with van der Waals surface area (Å²) in [6.07, 6.45) is 3.54. The predicted octanol–water partition coefficient (Wildman–Crippen LogP) is 4.94. The average molecular weight is 390 g/mol. The Morgan fingerprint density at radius 1 is 1.35 bits per heavy atom. The number of rotatable bonds is 3. The second-order valence-corrected chi connectivity index (χ2v) is 7.72. The zero-order chi connectivity index (χ0) is 18.1.